The topological polar surface area (TPSA) is 47.6 Å². The van der Waals surface area contributed by atoms with Gasteiger partial charge >= 0.3 is 5.97 Å². The van der Waals surface area contributed by atoms with Crippen molar-refractivity contribution in [2.75, 3.05) is 13.2 Å². The van der Waals surface area contributed by atoms with Gasteiger partial charge in [0.05, 0.1) is 12.6 Å². The standard InChI is InChI=1S/C10H17NO3/c1-5-10(12)13-7-6-11-9(4)14-8(2)3/h5,8,11H,1,4,6-7H2,2-3H3. The minimum atomic E-state index is -0.429. The van der Waals surface area contributed by atoms with E-state index in [1.165, 1.54) is 0 Å². The molecule has 4 nitrogen and oxygen atoms in total. The van der Waals surface area contributed by atoms with Gasteiger partial charge in [0.1, 0.15) is 6.61 Å². The first-order valence-corrected chi connectivity index (χ1v) is 4.45. The molecule has 0 bridgehead atoms. The van der Waals surface area contributed by atoms with Crippen molar-refractivity contribution in [2.24, 2.45) is 0 Å². The Morgan fingerprint density at radius 2 is 2.21 bits per heavy atom. The van der Waals surface area contributed by atoms with Crippen LogP contribution in [0.1, 0.15) is 13.8 Å². The van der Waals surface area contributed by atoms with Crippen LogP contribution in [0.15, 0.2) is 25.1 Å². The summed E-state index contributed by atoms with van der Waals surface area (Å²) >= 11 is 0. The summed E-state index contributed by atoms with van der Waals surface area (Å²) in [5.74, 6) is 0.0526. The van der Waals surface area contributed by atoms with Crippen LogP contribution in [0.4, 0.5) is 0 Å². The van der Waals surface area contributed by atoms with E-state index in [-0.39, 0.29) is 12.7 Å². The van der Waals surface area contributed by atoms with Crippen LogP contribution < -0.4 is 5.32 Å². The van der Waals surface area contributed by atoms with Gasteiger partial charge in [0.15, 0.2) is 5.88 Å². The maximum Gasteiger partial charge on any atom is 0.330 e. The van der Waals surface area contributed by atoms with Crippen molar-refractivity contribution in [2.45, 2.75) is 20.0 Å². The second-order valence-electron chi connectivity index (χ2n) is 2.89. The Hall–Kier alpha value is -1.45. The zero-order chi connectivity index (χ0) is 11.0. The van der Waals surface area contributed by atoms with Crippen molar-refractivity contribution in [3.05, 3.63) is 25.1 Å². The van der Waals surface area contributed by atoms with Crippen molar-refractivity contribution < 1.29 is 14.3 Å². The third kappa shape index (κ3) is 7.21. The Bertz CT molecular complexity index is 211. The summed E-state index contributed by atoms with van der Waals surface area (Å²) < 4.78 is 9.95. The van der Waals surface area contributed by atoms with Gasteiger partial charge in [0.2, 0.25) is 0 Å². The molecule has 0 aliphatic rings. The van der Waals surface area contributed by atoms with Gasteiger partial charge in [0, 0.05) is 6.08 Å². The molecule has 0 amide bonds. The van der Waals surface area contributed by atoms with Crippen LogP contribution in [0, 0.1) is 0 Å². The third-order valence-electron chi connectivity index (χ3n) is 1.21. The SMILES string of the molecule is C=CC(=O)OCCNC(=C)OC(C)C. The smallest absolute Gasteiger partial charge is 0.330 e. The van der Waals surface area contributed by atoms with Crippen molar-refractivity contribution >= 4 is 5.97 Å². The maximum atomic E-state index is 10.6. The molecule has 0 rings (SSSR count). The molecule has 0 spiro atoms. The quantitative estimate of drug-likeness (QED) is 0.290. The van der Waals surface area contributed by atoms with Crippen LogP contribution in [0.2, 0.25) is 0 Å². The van der Waals surface area contributed by atoms with Crippen LogP contribution in [0.3, 0.4) is 0 Å². The Labute approximate surface area is 84.6 Å². The number of hydrogen-bond acceptors (Lipinski definition) is 4. The minimum absolute atomic E-state index is 0.0886. The van der Waals surface area contributed by atoms with E-state index in [1.54, 1.807) is 0 Å². The summed E-state index contributed by atoms with van der Waals surface area (Å²) in [5, 5.41) is 2.87. The molecule has 0 aliphatic heterocycles. The first-order chi connectivity index (χ1) is 6.56. The second-order valence-corrected chi connectivity index (χ2v) is 2.89. The Kier molecular flexibility index (Phi) is 6.28. The Balaban J connectivity index is 3.40. The molecule has 0 aliphatic carbocycles. The van der Waals surface area contributed by atoms with Gasteiger partial charge in [-0.15, -0.1) is 0 Å². The molecule has 80 valence electrons. The fourth-order valence-electron chi connectivity index (χ4n) is 0.727. The fourth-order valence-corrected chi connectivity index (χ4v) is 0.727. The average molecular weight is 199 g/mol. The molecule has 4 heteroatoms. The van der Waals surface area contributed by atoms with Crippen molar-refractivity contribution in [1.29, 1.82) is 0 Å². The predicted octanol–water partition coefficient (Wildman–Crippen LogP) is 1.20. The number of carbonyl (C=O) groups is 1. The van der Waals surface area contributed by atoms with Gasteiger partial charge in [-0.25, -0.2) is 4.79 Å². The molecule has 0 atom stereocenters. The maximum absolute atomic E-state index is 10.6. The highest BCUT2D eigenvalue weighted by Gasteiger charge is 1.98. The highest BCUT2D eigenvalue weighted by Crippen LogP contribution is 1.94. The monoisotopic (exact) mass is 199 g/mol. The number of carbonyl (C=O) groups excluding carboxylic acids is 1. The van der Waals surface area contributed by atoms with E-state index in [1.807, 2.05) is 13.8 Å². The van der Waals surface area contributed by atoms with E-state index in [9.17, 15) is 4.79 Å². The molecular formula is C10H17NO3. The molecular weight excluding hydrogens is 182 g/mol. The van der Waals surface area contributed by atoms with Crippen molar-refractivity contribution in [3.8, 4) is 0 Å². The van der Waals surface area contributed by atoms with Gasteiger partial charge in [-0.1, -0.05) is 6.58 Å². The van der Waals surface area contributed by atoms with E-state index < -0.39 is 5.97 Å². The summed E-state index contributed by atoms with van der Waals surface area (Å²) in [5.41, 5.74) is 0. The van der Waals surface area contributed by atoms with E-state index in [0.29, 0.717) is 12.4 Å². The predicted molar refractivity (Wildman–Crippen MR) is 54.5 cm³/mol. The zero-order valence-corrected chi connectivity index (χ0v) is 8.71. The molecule has 14 heavy (non-hydrogen) atoms. The van der Waals surface area contributed by atoms with Crippen LogP contribution in [0.5, 0.6) is 0 Å². The summed E-state index contributed by atoms with van der Waals surface area (Å²) in [7, 11) is 0. The van der Waals surface area contributed by atoms with Crippen LogP contribution in [-0.4, -0.2) is 25.2 Å². The number of ether oxygens (including phenoxy) is 2. The lowest BCUT2D eigenvalue weighted by molar-refractivity contribution is -0.137. The minimum Gasteiger partial charge on any atom is -0.477 e. The Morgan fingerprint density at radius 1 is 1.57 bits per heavy atom. The van der Waals surface area contributed by atoms with E-state index in [2.05, 4.69) is 18.5 Å². The lowest BCUT2D eigenvalue weighted by Gasteiger charge is -2.13. The normalized spacial score (nSPS) is 9.36. The van der Waals surface area contributed by atoms with Gasteiger partial charge in [-0.05, 0) is 20.4 Å². The average Bonchev–Trinajstić information content (AvgIpc) is 2.10. The van der Waals surface area contributed by atoms with Gasteiger partial charge in [0.25, 0.3) is 0 Å². The number of hydrogen-bond donors (Lipinski definition) is 1. The van der Waals surface area contributed by atoms with E-state index in [4.69, 9.17) is 9.47 Å². The summed E-state index contributed by atoms with van der Waals surface area (Å²) in [6, 6.07) is 0. The van der Waals surface area contributed by atoms with Gasteiger partial charge in [-0.3, -0.25) is 0 Å². The molecule has 0 fully saturated rings. The number of esters is 1. The molecule has 0 heterocycles. The molecule has 0 aromatic rings. The lowest BCUT2D eigenvalue weighted by Crippen LogP contribution is -2.22. The summed E-state index contributed by atoms with van der Waals surface area (Å²) in [6.07, 6.45) is 1.21. The number of rotatable bonds is 7. The number of nitrogens with one attached hydrogen (secondary N) is 1. The summed E-state index contributed by atoms with van der Waals surface area (Å²) in [4.78, 5) is 10.6. The molecule has 1 N–H and O–H groups in total. The van der Waals surface area contributed by atoms with Crippen LogP contribution in [-0.2, 0) is 14.3 Å². The van der Waals surface area contributed by atoms with E-state index >= 15 is 0 Å². The van der Waals surface area contributed by atoms with Gasteiger partial charge in [-0.2, -0.15) is 0 Å². The molecule has 0 aromatic carbocycles. The first kappa shape index (κ1) is 12.6. The van der Waals surface area contributed by atoms with Crippen molar-refractivity contribution in [3.63, 3.8) is 0 Å². The third-order valence-corrected chi connectivity index (χ3v) is 1.21. The molecule has 0 saturated carbocycles. The largest absolute Gasteiger partial charge is 0.477 e. The van der Waals surface area contributed by atoms with E-state index in [0.717, 1.165) is 6.08 Å². The molecule has 0 unspecified atom stereocenters. The zero-order valence-electron chi connectivity index (χ0n) is 8.71. The van der Waals surface area contributed by atoms with Crippen LogP contribution in [0.25, 0.3) is 0 Å². The lowest BCUT2D eigenvalue weighted by atomic mass is 10.5. The molecule has 0 radical (unpaired) electrons. The Morgan fingerprint density at radius 3 is 2.71 bits per heavy atom. The van der Waals surface area contributed by atoms with Crippen molar-refractivity contribution in [1.82, 2.24) is 5.32 Å². The molecule has 0 saturated heterocycles. The summed E-state index contributed by atoms with van der Waals surface area (Å²) in [6.45, 7) is 11.5. The fraction of sp³-hybridized carbons (Fsp3) is 0.500. The van der Waals surface area contributed by atoms with Crippen LogP contribution >= 0.6 is 0 Å². The second kappa shape index (κ2) is 7.00. The first-order valence-electron chi connectivity index (χ1n) is 4.45. The highest BCUT2D eigenvalue weighted by molar-refractivity contribution is 5.81. The van der Waals surface area contributed by atoms with Gasteiger partial charge < -0.3 is 14.8 Å². The molecule has 0 aromatic heterocycles. The highest BCUT2D eigenvalue weighted by atomic mass is 16.5.